The van der Waals surface area contributed by atoms with E-state index in [9.17, 15) is 0 Å². The molecule has 0 saturated carbocycles. The Bertz CT molecular complexity index is 1940. The monoisotopic (exact) mass is 484 g/mol. The Morgan fingerprint density at radius 2 is 1.64 bits per heavy atom. The number of aryl methyl sites for hydroxylation is 3. The maximum atomic E-state index is 4.78. The van der Waals surface area contributed by atoms with E-state index < -0.39 is 0 Å². The van der Waals surface area contributed by atoms with Crippen molar-refractivity contribution in [1.82, 2.24) is 9.55 Å². The van der Waals surface area contributed by atoms with E-state index in [-0.39, 0.29) is 0 Å². The number of aromatic nitrogens is 3. The van der Waals surface area contributed by atoms with Gasteiger partial charge in [-0.3, -0.25) is 4.57 Å². The molecule has 7 rings (SSSR count). The standard InChI is InChI=1S/C32H26N3S/c1-19-16-20(2)21(3)26(17-19)30-31-24(13-15-34(30)4)27-18-22(11-12-29(27)36-31)35-28-10-6-5-8-23(28)25-9-7-14-33-32(25)35/h5-18H,1-4H3/q+1. The third kappa shape index (κ3) is 2.98. The van der Waals surface area contributed by atoms with Crippen LogP contribution in [0, 0.1) is 20.8 Å². The van der Waals surface area contributed by atoms with E-state index in [2.05, 4.69) is 110 Å². The normalized spacial score (nSPS) is 11.9. The van der Waals surface area contributed by atoms with Crippen LogP contribution in [0.15, 0.2) is 85.2 Å². The van der Waals surface area contributed by atoms with Crippen molar-refractivity contribution in [2.45, 2.75) is 20.8 Å². The van der Waals surface area contributed by atoms with Gasteiger partial charge in [0.15, 0.2) is 6.20 Å². The molecule has 0 atom stereocenters. The van der Waals surface area contributed by atoms with Crippen LogP contribution in [-0.2, 0) is 7.05 Å². The van der Waals surface area contributed by atoms with Crippen LogP contribution < -0.4 is 4.57 Å². The smallest absolute Gasteiger partial charge is 0.230 e. The third-order valence-electron chi connectivity index (χ3n) is 7.50. The molecule has 0 fully saturated rings. The van der Waals surface area contributed by atoms with Gasteiger partial charge >= 0.3 is 0 Å². The molecule has 36 heavy (non-hydrogen) atoms. The zero-order chi connectivity index (χ0) is 24.6. The number of nitrogens with zero attached hydrogens (tertiary/aromatic N) is 3. The first-order chi connectivity index (χ1) is 17.5. The van der Waals surface area contributed by atoms with E-state index in [4.69, 9.17) is 4.98 Å². The van der Waals surface area contributed by atoms with Gasteiger partial charge in [-0.1, -0.05) is 29.8 Å². The van der Waals surface area contributed by atoms with Crippen molar-refractivity contribution in [2.75, 3.05) is 0 Å². The second-order valence-electron chi connectivity index (χ2n) is 9.78. The van der Waals surface area contributed by atoms with Crippen LogP contribution in [-0.4, -0.2) is 9.55 Å². The zero-order valence-corrected chi connectivity index (χ0v) is 21.6. The van der Waals surface area contributed by atoms with Gasteiger partial charge in [0, 0.05) is 44.2 Å². The Hall–Kier alpha value is -4.02. The topological polar surface area (TPSA) is 21.7 Å². The first kappa shape index (κ1) is 21.3. The summed E-state index contributed by atoms with van der Waals surface area (Å²) in [6.45, 7) is 6.64. The minimum atomic E-state index is 0.996. The summed E-state index contributed by atoms with van der Waals surface area (Å²) >= 11 is 1.89. The molecule has 3 aromatic carbocycles. The second-order valence-corrected chi connectivity index (χ2v) is 10.8. The quantitative estimate of drug-likeness (QED) is 0.228. The van der Waals surface area contributed by atoms with Crippen molar-refractivity contribution in [3.8, 4) is 16.9 Å². The van der Waals surface area contributed by atoms with Crippen molar-refractivity contribution < 1.29 is 4.57 Å². The van der Waals surface area contributed by atoms with Crippen LogP contribution in [0.3, 0.4) is 0 Å². The molecule has 0 amide bonds. The Labute approximate surface area is 213 Å². The molecule has 4 heteroatoms. The van der Waals surface area contributed by atoms with E-state index in [1.165, 1.54) is 64.4 Å². The first-order valence-corrected chi connectivity index (χ1v) is 13.1. The Kier molecular flexibility index (Phi) is 4.57. The van der Waals surface area contributed by atoms with Crippen LogP contribution in [0.5, 0.6) is 0 Å². The fourth-order valence-corrected chi connectivity index (χ4v) is 6.93. The average Bonchev–Trinajstić information content (AvgIpc) is 3.41. The highest BCUT2D eigenvalue weighted by atomic mass is 32.1. The van der Waals surface area contributed by atoms with Gasteiger partial charge < -0.3 is 0 Å². The molecule has 0 aliphatic heterocycles. The Morgan fingerprint density at radius 1 is 0.806 bits per heavy atom. The van der Waals surface area contributed by atoms with Crippen LogP contribution in [0.25, 0.3) is 59.1 Å². The van der Waals surface area contributed by atoms with Crippen molar-refractivity contribution in [3.05, 3.63) is 102 Å². The Morgan fingerprint density at radius 3 is 2.53 bits per heavy atom. The van der Waals surface area contributed by atoms with E-state index in [1.807, 2.05) is 23.6 Å². The van der Waals surface area contributed by atoms with Crippen LogP contribution in [0.2, 0.25) is 0 Å². The SMILES string of the molecule is Cc1cc(C)c(C)c(-c2c3sc4ccc(-n5c6ccccc6c6cccnc65)cc4c3cc[n+]2C)c1. The number of pyridine rings is 2. The van der Waals surface area contributed by atoms with Gasteiger partial charge in [0.2, 0.25) is 5.69 Å². The highest BCUT2D eigenvalue weighted by molar-refractivity contribution is 7.26. The van der Waals surface area contributed by atoms with Crippen LogP contribution >= 0.6 is 11.3 Å². The second kappa shape index (κ2) is 7.74. The number of rotatable bonds is 2. The van der Waals surface area contributed by atoms with Crippen LogP contribution in [0.1, 0.15) is 16.7 Å². The molecule has 0 radical (unpaired) electrons. The van der Waals surface area contributed by atoms with Gasteiger partial charge in [-0.15, -0.1) is 11.3 Å². The molecule has 174 valence electrons. The fourth-order valence-electron chi connectivity index (χ4n) is 5.66. The largest absolute Gasteiger partial charge is 0.294 e. The molecule has 0 aliphatic rings. The average molecular weight is 485 g/mol. The maximum Gasteiger partial charge on any atom is 0.230 e. The predicted octanol–water partition coefficient (Wildman–Crippen LogP) is 7.96. The molecule has 4 aromatic heterocycles. The molecule has 7 aromatic rings. The van der Waals surface area contributed by atoms with Gasteiger partial charge in [-0.05, 0) is 74.4 Å². The molecule has 0 bridgehead atoms. The maximum absolute atomic E-state index is 4.78. The summed E-state index contributed by atoms with van der Waals surface area (Å²) in [5.74, 6) is 0. The van der Waals surface area contributed by atoms with E-state index in [0.29, 0.717) is 0 Å². The number of thiophene rings is 1. The number of para-hydroxylation sites is 1. The van der Waals surface area contributed by atoms with E-state index >= 15 is 0 Å². The molecule has 0 spiro atoms. The van der Waals surface area contributed by atoms with E-state index in [1.54, 1.807) is 0 Å². The van der Waals surface area contributed by atoms with Gasteiger partial charge in [-0.2, -0.15) is 4.57 Å². The Balaban J connectivity index is 1.54. The molecule has 0 aliphatic carbocycles. The number of benzene rings is 3. The summed E-state index contributed by atoms with van der Waals surface area (Å²) in [5.41, 5.74) is 9.91. The highest BCUT2D eigenvalue weighted by Gasteiger charge is 2.22. The highest BCUT2D eigenvalue weighted by Crippen LogP contribution is 2.41. The molecular formula is C32H26N3S+. The van der Waals surface area contributed by atoms with Crippen molar-refractivity contribution in [2.24, 2.45) is 7.05 Å². The minimum Gasteiger partial charge on any atom is -0.294 e. The van der Waals surface area contributed by atoms with Crippen LogP contribution in [0.4, 0.5) is 0 Å². The summed E-state index contributed by atoms with van der Waals surface area (Å²) in [6, 6.07) is 26.5. The lowest BCUT2D eigenvalue weighted by Crippen LogP contribution is -2.30. The van der Waals surface area contributed by atoms with Crippen molar-refractivity contribution in [3.63, 3.8) is 0 Å². The molecule has 3 nitrogen and oxygen atoms in total. The molecule has 0 unspecified atom stereocenters. The predicted molar refractivity (Wildman–Crippen MR) is 152 cm³/mol. The lowest BCUT2D eigenvalue weighted by atomic mass is 9.96. The first-order valence-electron chi connectivity index (χ1n) is 12.3. The zero-order valence-electron chi connectivity index (χ0n) is 20.8. The summed E-state index contributed by atoms with van der Waals surface area (Å²) in [4.78, 5) is 4.78. The van der Waals surface area contributed by atoms with Gasteiger partial charge in [0.1, 0.15) is 17.4 Å². The summed E-state index contributed by atoms with van der Waals surface area (Å²) in [6.07, 6.45) is 4.09. The molecule has 4 heterocycles. The third-order valence-corrected chi connectivity index (χ3v) is 8.69. The van der Waals surface area contributed by atoms with Gasteiger partial charge in [-0.25, -0.2) is 4.98 Å². The van der Waals surface area contributed by atoms with Crippen molar-refractivity contribution >= 4 is 53.4 Å². The minimum absolute atomic E-state index is 0.996. The lowest BCUT2D eigenvalue weighted by Gasteiger charge is -2.10. The molecule has 0 N–H and O–H groups in total. The molecule has 0 saturated heterocycles. The van der Waals surface area contributed by atoms with Gasteiger partial charge in [0.05, 0.1) is 11.1 Å². The number of hydrogen-bond donors (Lipinski definition) is 0. The summed E-state index contributed by atoms with van der Waals surface area (Å²) < 4.78 is 7.21. The lowest BCUT2D eigenvalue weighted by molar-refractivity contribution is -0.659. The number of hydrogen-bond acceptors (Lipinski definition) is 2. The van der Waals surface area contributed by atoms with Gasteiger partial charge in [0.25, 0.3) is 0 Å². The number of fused-ring (bicyclic) bond motifs is 6. The van der Waals surface area contributed by atoms with E-state index in [0.717, 1.165) is 11.3 Å². The fraction of sp³-hybridized carbons (Fsp3) is 0.125. The summed E-state index contributed by atoms with van der Waals surface area (Å²) in [5, 5.41) is 5.01. The molecular weight excluding hydrogens is 458 g/mol. The van der Waals surface area contributed by atoms with Crippen molar-refractivity contribution in [1.29, 1.82) is 0 Å². The summed E-state index contributed by atoms with van der Waals surface area (Å²) in [7, 11) is 2.16.